The maximum absolute atomic E-state index is 12.8. The number of halogens is 2. The van der Waals surface area contributed by atoms with Gasteiger partial charge in [-0.05, 0) is 36.4 Å². The lowest BCUT2D eigenvalue weighted by atomic mass is 10.0. The Morgan fingerprint density at radius 2 is 1.89 bits per heavy atom. The van der Waals surface area contributed by atoms with Crippen LogP contribution in [0.15, 0.2) is 76.3 Å². The summed E-state index contributed by atoms with van der Waals surface area (Å²) in [7, 11) is 0. The van der Waals surface area contributed by atoms with Crippen molar-refractivity contribution in [1.82, 2.24) is 10.4 Å². The van der Waals surface area contributed by atoms with Gasteiger partial charge in [-0.2, -0.15) is 5.10 Å². The lowest BCUT2D eigenvalue weighted by Gasteiger charge is -2.09. The molecule has 1 amide bonds. The molecule has 0 atom stereocenters. The maximum Gasteiger partial charge on any atom is 0.272 e. The van der Waals surface area contributed by atoms with Gasteiger partial charge in [0.15, 0.2) is 0 Å². The standard InChI is InChI=1S/C21H13BrClN3OS/c22-14-7-5-13(6-8-14)19-11-17(16-3-1-2-4-18(16)25-19)21(27)26-24-12-15-9-10-20(23)28-15/h1-12H,(H,26,27). The molecule has 4 aromatic rings. The van der Waals surface area contributed by atoms with Gasteiger partial charge < -0.3 is 0 Å². The maximum atomic E-state index is 12.8. The zero-order valence-corrected chi connectivity index (χ0v) is 17.6. The minimum absolute atomic E-state index is 0.295. The summed E-state index contributed by atoms with van der Waals surface area (Å²) in [4.78, 5) is 18.4. The molecule has 0 saturated carbocycles. The van der Waals surface area contributed by atoms with Crippen molar-refractivity contribution < 1.29 is 4.79 Å². The smallest absolute Gasteiger partial charge is 0.267 e. The number of carbonyl (C=O) groups excluding carboxylic acids is 1. The molecule has 2 aromatic heterocycles. The van der Waals surface area contributed by atoms with E-state index in [1.165, 1.54) is 11.3 Å². The van der Waals surface area contributed by atoms with E-state index in [4.69, 9.17) is 16.6 Å². The number of hydrogen-bond donors (Lipinski definition) is 1. The van der Waals surface area contributed by atoms with Crippen LogP contribution in [0.4, 0.5) is 0 Å². The number of nitrogens with zero attached hydrogens (tertiary/aromatic N) is 2. The largest absolute Gasteiger partial charge is 0.272 e. The fraction of sp³-hybridized carbons (Fsp3) is 0. The molecule has 1 N–H and O–H groups in total. The number of para-hydroxylation sites is 1. The SMILES string of the molecule is O=C(NN=Cc1ccc(Cl)s1)c1cc(-c2ccc(Br)cc2)nc2ccccc12. The number of aromatic nitrogens is 1. The quantitative estimate of drug-likeness (QED) is 0.287. The first-order chi connectivity index (χ1) is 13.6. The van der Waals surface area contributed by atoms with Gasteiger partial charge in [0, 0.05) is 20.3 Å². The van der Waals surface area contributed by atoms with Crippen LogP contribution in [0.1, 0.15) is 15.2 Å². The summed E-state index contributed by atoms with van der Waals surface area (Å²) in [6.07, 6.45) is 1.58. The number of amides is 1. The van der Waals surface area contributed by atoms with Crippen LogP contribution in [0.5, 0.6) is 0 Å². The number of benzene rings is 2. The Bertz CT molecular complexity index is 1190. The van der Waals surface area contributed by atoms with E-state index in [9.17, 15) is 4.79 Å². The molecule has 0 aliphatic rings. The number of pyridine rings is 1. The summed E-state index contributed by atoms with van der Waals surface area (Å²) in [6.45, 7) is 0. The topological polar surface area (TPSA) is 54.4 Å². The summed E-state index contributed by atoms with van der Waals surface area (Å²) in [6, 6.07) is 20.8. The van der Waals surface area contributed by atoms with Crippen LogP contribution >= 0.6 is 38.9 Å². The molecule has 0 unspecified atom stereocenters. The lowest BCUT2D eigenvalue weighted by molar-refractivity contribution is 0.0957. The molecule has 138 valence electrons. The molecule has 0 bridgehead atoms. The van der Waals surface area contributed by atoms with Gasteiger partial charge in [0.05, 0.1) is 27.3 Å². The molecule has 0 radical (unpaired) electrons. The molecule has 2 heterocycles. The van der Waals surface area contributed by atoms with Crippen molar-refractivity contribution in [3.8, 4) is 11.3 Å². The fourth-order valence-electron chi connectivity index (χ4n) is 2.74. The van der Waals surface area contributed by atoms with Gasteiger partial charge in [-0.25, -0.2) is 10.4 Å². The highest BCUT2D eigenvalue weighted by atomic mass is 79.9. The third-order valence-electron chi connectivity index (χ3n) is 4.05. The predicted octanol–water partition coefficient (Wildman–Crippen LogP) is 6.14. The molecule has 2 aromatic carbocycles. The average molecular weight is 471 g/mol. The van der Waals surface area contributed by atoms with E-state index < -0.39 is 0 Å². The zero-order chi connectivity index (χ0) is 19.5. The Balaban J connectivity index is 1.69. The Kier molecular flexibility index (Phi) is 5.52. The van der Waals surface area contributed by atoms with Crippen molar-refractivity contribution in [1.29, 1.82) is 0 Å². The number of thiophene rings is 1. The summed E-state index contributed by atoms with van der Waals surface area (Å²) in [5.41, 5.74) is 5.52. The van der Waals surface area contributed by atoms with Gasteiger partial charge in [0.25, 0.3) is 5.91 Å². The summed E-state index contributed by atoms with van der Waals surface area (Å²) in [5, 5.41) is 4.83. The molecule has 4 nitrogen and oxygen atoms in total. The van der Waals surface area contributed by atoms with Crippen molar-refractivity contribution in [2.24, 2.45) is 5.10 Å². The van der Waals surface area contributed by atoms with Gasteiger partial charge >= 0.3 is 0 Å². The van der Waals surface area contributed by atoms with Crippen LogP contribution in [0, 0.1) is 0 Å². The number of fused-ring (bicyclic) bond motifs is 1. The predicted molar refractivity (Wildman–Crippen MR) is 119 cm³/mol. The van der Waals surface area contributed by atoms with Crippen molar-refractivity contribution in [2.45, 2.75) is 0 Å². The molecule has 0 fully saturated rings. The van der Waals surface area contributed by atoms with Gasteiger partial charge in [0.1, 0.15) is 0 Å². The monoisotopic (exact) mass is 469 g/mol. The van der Waals surface area contributed by atoms with E-state index in [-0.39, 0.29) is 5.91 Å². The van der Waals surface area contributed by atoms with Gasteiger partial charge in [0.2, 0.25) is 0 Å². The fourth-order valence-corrected chi connectivity index (χ4v) is 3.94. The summed E-state index contributed by atoms with van der Waals surface area (Å²) in [5.74, 6) is -0.295. The Labute approximate surface area is 179 Å². The average Bonchev–Trinajstić information content (AvgIpc) is 3.12. The second kappa shape index (κ2) is 8.22. The summed E-state index contributed by atoms with van der Waals surface area (Å²) >= 11 is 10.7. The van der Waals surface area contributed by atoms with Crippen LogP contribution in [0.25, 0.3) is 22.2 Å². The van der Waals surface area contributed by atoms with E-state index >= 15 is 0 Å². The van der Waals surface area contributed by atoms with Gasteiger partial charge in [-0.15, -0.1) is 11.3 Å². The van der Waals surface area contributed by atoms with Gasteiger partial charge in [-0.3, -0.25) is 4.79 Å². The highest BCUT2D eigenvalue weighted by Gasteiger charge is 2.13. The highest BCUT2D eigenvalue weighted by Crippen LogP contribution is 2.26. The van der Waals surface area contributed by atoms with E-state index in [1.807, 2.05) is 54.6 Å². The van der Waals surface area contributed by atoms with Crippen molar-refractivity contribution in [3.63, 3.8) is 0 Å². The van der Waals surface area contributed by atoms with Crippen LogP contribution < -0.4 is 5.43 Å². The molecule has 0 aliphatic carbocycles. The first-order valence-corrected chi connectivity index (χ1v) is 10.3. The first kappa shape index (κ1) is 18.8. The van der Waals surface area contributed by atoms with Gasteiger partial charge in [-0.1, -0.05) is 57.9 Å². The van der Waals surface area contributed by atoms with Crippen LogP contribution in [-0.2, 0) is 0 Å². The Hall–Kier alpha value is -2.54. The van der Waals surface area contributed by atoms with E-state index in [1.54, 1.807) is 18.3 Å². The molecule has 7 heteroatoms. The van der Waals surface area contributed by atoms with E-state index in [0.29, 0.717) is 9.90 Å². The van der Waals surface area contributed by atoms with Crippen molar-refractivity contribution in [3.05, 3.63) is 86.0 Å². The highest BCUT2D eigenvalue weighted by molar-refractivity contribution is 9.10. The summed E-state index contributed by atoms with van der Waals surface area (Å²) < 4.78 is 1.66. The first-order valence-electron chi connectivity index (χ1n) is 8.34. The molecular weight excluding hydrogens is 458 g/mol. The molecule has 28 heavy (non-hydrogen) atoms. The van der Waals surface area contributed by atoms with E-state index in [0.717, 1.165) is 31.5 Å². The molecule has 0 saturated heterocycles. The molecule has 0 spiro atoms. The molecule has 4 rings (SSSR count). The van der Waals surface area contributed by atoms with E-state index in [2.05, 4.69) is 26.5 Å². The number of hydrazone groups is 1. The molecule has 0 aliphatic heterocycles. The number of nitrogens with one attached hydrogen (secondary N) is 1. The van der Waals surface area contributed by atoms with Crippen molar-refractivity contribution >= 4 is 61.9 Å². The second-order valence-electron chi connectivity index (χ2n) is 5.92. The number of rotatable bonds is 4. The van der Waals surface area contributed by atoms with Crippen LogP contribution in [0.2, 0.25) is 4.34 Å². The minimum Gasteiger partial charge on any atom is -0.267 e. The normalized spacial score (nSPS) is 11.2. The number of hydrogen-bond acceptors (Lipinski definition) is 4. The molecular formula is C21H13BrClN3OS. The van der Waals surface area contributed by atoms with Crippen LogP contribution in [0.3, 0.4) is 0 Å². The van der Waals surface area contributed by atoms with Crippen molar-refractivity contribution in [2.75, 3.05) is 0 Å². The Morgan fingerprint density at radius 1 is 1.11 bits per heavy atom. The number of carbonyl (C=O) groups is 1. The third kappa shape index (κ3) is 4.14. The Morgan fingerprint density at radius 3 is 2.64 bits per heavy atom. The van der Waals surface area contributed by atoms with Crippen LogP contribution in [-0.4, -0.2) is 17.1 Å². The lowest BCUT2D eigenvalue weighted by Crippen LogP contribution is -2.18. The zero-order valence-electron chi connectivity index (χ0n) is 14.4. The second-order valence-corrected chi connectivity index (χ2v) is 8.58. The third-order valence-corrected chi connectivity index (χ3v) is 5.75. The minimum atomic E-state index is -0.295.